The fourth-order valence-electron chi connectivity index (χ4n) is 3.32. The summed E-state index contributed by atoms with van der Waals surface area (Å²) in [6.45, 7) is 4.96. The smallest absolute Gasteiger partial charge is 0.272 e. The van der Waals surface area contributed by atoms with Crippen LogP contribution in [0.3, 0.4) is 0 Å². The average molecular weight is 327 g/mol. The number of aryl methyl sites for hydroxylation is 1. The molecular formula is C19H25N3O2. The van der Waals surface area contributed by atoms with Crippen LogP contribution in [0.4, 0.5) is 0 Å². The van der Waals surface area contributed by atoms with Crippen molar-refractivity contribution in [1.82, 2.24) is 14.7 Å². The molecule has 0 N–H and O–H groups in total. The van der Waals surface area contributed by atoms with Crippen LogP contribution in [0.5, 0.6) is 5.75 Å². The molecule has 2 aromatic rings. The van der Waals surface area contributed by atoms with E-state index in [1.165, 1.54) is 0 Å². The Kier molecular flexibility index (Phi) is 4.60. The predicted octanol–water partition coefficient (Wildman–Crippen LogP) is 3.53. The summed E-state index contributed by atoms with van der Waals surface area (Å²) < 4.78 is 7.03. The maximum absolute atomic E-state index is 13.1. The number of benzene rings is 1. The van der Waals surface area contributed by atoms with Crippen molar-refractivity contribution in [2.75, 3.05) is 13.7 Å². The highest BCUT2D eigenvalue weighted by Crippen LogP contribution is 2.34. The van der Waals surface area contributed by atoms with Crippen LogP contribution in [-0.2, 0) is 7.05 Å². The Balaban J connectivity index is 1.88. The Hall–Kier alpha value is -2.30. The lowest BCUT2D eigenvalue weighted by Crippen LogP contribution is -2.32. The number of amides is 1. The molecule has 0 aliphatic carbocycles. The van der Waals surface area contributed by atoms with E-state index in [4.69, 9.17) is 4.74 Å². The van der Waals surface area contributed by atoms with Crippen molar-refractivity contribution in [3.8, 4) is 5.75 Å². The first kappa shape index (κ1) is 16.6. The molecule has 128 valence electrons. The largest absolute Gasteiger partial charge is 0.497 e. The number of rotatable bonds is 4. The highest BCUT2D eigenvalue weighted by atomic mass is 16.5. The molecule has 0 unspecified atom stereocenters. The van der Waals surface area contributed by atoms with Crippen molar-refractivity contribution in [2.45, 2.75) is 38.6 Å². The maximum atomic E-state index is 13.1. The minimum atomic E-state index is 0.0576. The number of carbonyl (C=O) groups is 1. The van der Waals surface area contributed by atoms with Gasteiger partial charge in [0, 0.05) is 13.6 Å². The maximum Gasteiger partial charge on any atom is 0.272 e. The number of methoxy groups -OCH3 is 1. The van der Waals surface area contributed by atoms with Gasteiger partial charge in [-0.1, -0.05) is 26.0 Å². The Bertz CT molecular complexity index is 736. The van der Waals surface area contributed by atoms with Gasteiger partial charge in [0.1, 0.15) is 11.4 Å². The van der Waals surface area contributed by atoms with Gasteiger partial charge < -0.3 is 9.64 Å². The molecule has 5 nitrogen and oxygen atoms in total. The number of ether oxygens (including phenoxy) is 1. The van der Waals surface area contributed by atoms with Gasteiger partial charge in [-0.2, -0.15) is 5.10 Å². The third kappa shape index (κ3) is 3.03. The second-order valence-electron chi connectivity index (χ2n) is 6.67. The summed E-state index contributed by atoms with van der Waals surface area (Å²) in [5.41, 5.74) is 2.75. The topological polar surface area (TPSA) is 47.4 Å². The van der Waals surface area contributed by atoms with E-state index >= 15 is 0 Å². The zero-order valence-corrected chi connectivity index (χ0v) is 14.8. The zero-order chi connectivity index (χ0) is 17.3. The number of hydrogen-bond acceptors (Lipinski definition) is 3. The van der Waals surface area contributed by atoms with Crippen molar-refractivity contribution in [2.24, 2.45) is 7.05 Å². The highest BCUT2D eigenvalue weighted by molar-refractivity contribution is 5.93. The summed E-state index contributed by atoms with van der Waals surface area (Å²) in [4.78, 5) is 15.0. The number of hydrogen-bond donors (Lipinski definition) is 0. The normalized spacial score (nSPS) is 17.5. The fourth-order valence-corrected chi connectivity index (χ4v) is 3.32. The van der Waals surface area contributed by atoms with E-state index in [1.54, 1.807) is 11.8 Å². The molecule has 1 aliphatic rings. The van der Waals surface area contributed by atoms with Crippen LogP contribution < -0.4 is 4.74 Å². The molecule has 0 saturated carbocycles. The standard InChI is InChI=1S/C19H25N3O2/c1-13(2)16-12-18(21(3)20-16)19(23)22-10-6-9-17(22)14-7-5-8-15(11-14)24-4/h5,7-8,11-13,17H,6,9-10H2,1-4H3/t17-/m1/s1. The predicted molar refractivity (Wildman–Crippen MR) is 93.3 cm³/mol. The van der Waals surface area contributed by atoms with Crippen molar-refractivity contribution in [3.63, 3.8) is 0 Å². The van der Waals surface area contributed by atoms with Gasteiger partial charge in [-0.3, -0.25) is 9.48 Å². The first-order valence-electron chi connectivity index (χ1n) is 8.50. The third-order valence-corrected chi connectivity index (χ3v) is 4.70. The molecule has 1 aromatic carbocycles. The van der Waals surface area contributed by atoms with E-state index in [9.17, 15) is 4.79 Å². The first-order valence-corrected chi connectivity index (χ1v) is 8.50. The van der Waals surface area contributed by atoms with Crippen LogP contribution in [0.25, 0.3) is 0 Å². The van der Waals surface area contributed by atoms with Crippen LogP contribution in [0.15, 0.2) is 30.3 Å². The summed E-state index contributed by atoms with van der Waals surface area (Å²) in [6, 6.07) is 10.0. The van der Waals surface area contributed by atoms with Crippen LogP contribution in [-0.4, -0.2) is 34.2 Å². The molecule has 24 heavy (non-hydrogen) atoms. The van der Waals surface area contributed by atoms with Crippen LogP contribution in [0.1, 0.15) is 60.4 Å². The van der Waals surface area contributed by atoms with E-state index in [0.717, 1.165) is 36.4 Å². The molecular weight excluding hydrogens is 302 g/mol. The van der Waals surface area contributed by atoms with Gasteiger partial charge in [0.05, 0.1) is 18.8 Å². The molecule has 5 heteroatoms. The van der Waals surface area contributed by atoms with Crippen molar-refractivity contribution < 1.29 is 9.53 Å². The van der Waals surface area contributed by atoms with Gasteiger partial charge in [-0.05, 0) is 42.5 Å². The Morgan fingerprint density at radius 1 is 1.33 bits per heavy atom. The lowest BCUT2D eigenvalue weighted by molar-refractivity contribution is 0.0724. The lowest BCUT2D eigenvalue weighted by Gasteiger charge is -2.25. The Morgan fingerprint density at radius 2 is 2.12 bits per heavy atom. The number of nitrogens with zero attached hydrogens (tertiary/aromatic N) is 3. The van der Waals surface area contributed by atoms with Gasteiger partial charge in [0.25, 0.3) is 5.91 Å². The van der Waals surface area contributed by atoms with E-state index in [-0.39, 0.29) is 11.9 Å². The molecule has 1 aliphatic heterocycles. The van der Waals surface area contributed by atoms with Gasteiger partial charge in [0.15, 0.2) is 0 Å². The minimum absolute atomic E-state index is 0.0576. The fraction of sp³-hybridized carbons (Fsp3) is 0.474. The quantitative estimate of drug-likeness (QED) is 0.863. The molecule has 1 fully saturated rings. The lowest BCUT2D eigenvalue weighted by atomic mass is 10.0. The number of carbonyl (C=O) groups excluding carboxylic acids is 1. The van der Waals surface area contributed by atoms with Gasteiger partial charge in [-0.15, -0.1) is 0 Å². The van der Waals surface area contributed by atoms with E-state index in [0.29, 0.717) is 11.6 Å². The molecule has 1 atom stereocenters. The van der Waals surface area contributed by atoms with E-state index in [2.05, 4.69) is 25.0 Å². The molecule has 3 rings (SSSR count). The van der Waals surface area contributed by atoms with Crippen LogP contribution in [0, 0.1) is 0 Å². The monoisotopic (exact) mass is 327 g/mol. The summed E-state index contributed by atoms with van der Waals surface area (Å²) in [5.74, 6) is 1.20. The van der Waals surface area contributed by atoms with Gasteiger partial charge in [-0.25, -0.2) is 0 Å². The average Bonchev–Trinajstić information content (AvgIpc) is 3.21. The van der Waals surface area contributed by atoms with Crippen molar-refractivity contribution in [3.05, 3.63) is 47.3 Å². The Labute approximate surface area is 143 Å². The SMILES string of the molecule is COc1cccc([C@H]2CCCN2C(=O)c2cc(C(C)C)nn2C)c1. The zero-order valence-electron chi connectivity index (χ0n) is 14.8. The third-order valence-electron chi connectivity index (χ3n) is 4.70. The number of likely N-dealkylation sites (tertiary alicyclic amines) is 1. The summed E-state index contributed by atoms with van der Waals surface area (Å²) in [6.07, 6.45) is 2.00. The summed E-state index contributed by atoms with van der Waals surface area (Å²) in [7, 11) is 3.51. The molecule has 1 saturated heterocycles. The van der Waals surface area contributed by atoms with Crippen LogP contribution >= 0.6 is 0 Å². The molecule has 0 radical (unpaired) electrons. The molecule has 1 amide bonds. The van der Waals surface area contributed by atoms with Crippen molar-refractivity contribution in [1.29, 1.82) is 0 Å². The molecule has 0 spiro atoms. The van der Waals surface area contributed by atoms with Gasteiger partial charge in [0.2, 0.25) is 0 Å². The van der Waals surface area contributed by atoms with Crippen molar-refractivity contribution >= 4 is 5.91 Å². The second kappa shape index (κ2) is 6.67. The molecule has 0 bridgehead atoms. The van der Waals surface area contributed by atoms with Gasteiger partial charge >= 0.3 is 0 Å². The second-order valence-corrected chi connectivity index (χ2v) is 6.67. The summed E-state index contributed by atoms with van der Waals surface area (Å²) >= 11 is 0. The Morgan fingerprint density at radius 3 is 2.79 bits per heavy atom. The van der Waals surface area contributed by atoms with Crippen LogP contribution in [0.2, 0.25) is 0 Å². The van der Waals surface area contributed by atoms with E-state index < -0.39 is 0 Å². The summed E-state index contributed by atoms with van der Waals surface area (Å²) in [5, 5.41) is 4.48. The minimum Gasteiger partial charge on any atom is -0.497 e. The highest BCUT2D eigenvalue weighted by Gasteiger charge is 2.32. The molecule has 1 aromatic heterocycles. The first-order chi connectivity index (χ1) is 11.5. The number of aromatic nitrogens is 2. The molecule has 2 heterocycles. The van der Waals surface area contributed by atoms with E-state index in [1.807, 2.05) is 36.2 Å².